The van der Waals surface area contributed by atoms with Gasteiger partial charge in [-0.3, -0.25) is 0 Å². The SMILES string of the molecule is NC1(c2cccc3c2OCCC3)CCC(C(F)(F)F)CC1. The first-order valence-corrected chi connectivity index (χ1v) is 7.51. The van der Waals surface area contributed by atoms with Gasteiger partial charge in [0, 0.05) is 11.1 Å². The summed E-state index contributed by atoms with van der Waals surface area (Å²) < 4.78 is 44.2. The van der Waals surface area contributed by atoms with Gasteiger partial charge in [0.25, 0.3) is 0 Å². The van der Waals surface area contributed by atoms with Crippen molar-refractivity contribution in [3.8, 4) is 5.75 Å². The van der Waals surface area contributed by atoms with Crippen LogP contribution in [-0.4, -0.2) is 12.8 Å². The average molecular weight is 299 g/mol. The van der Waals surface area contributed by atoms with Crippen LogP contribution in [0.1, 0.15) is 43.2 Å². The van der Waals surface area contributed by atoms with E-state index in [9.17, 15) is 13.2 Å². The van der Waals surface area contributed by atoms with E-state index in [1.807, 2.05) is 18.2 Å². The molecule has 1 heterocycles. The lowest BCUT2D eigenvalue weighted by Crippen LogP contribution is -2.43. The first kappa shape index (κ1) is 14.7. The molecule has 1 aromatic rings. The lowest BCUT2D eigenvalue weighted by Gasteiger charge is -2.39. The van der Waals surface area contributed by atoms with E-state index in [0.717, 1.165) is 29.7 Å². The zero-order valence-corrected chi connectivity index (χ0v) is 11.9. The Morgan fingerprint density at radius 3 is 2.57 bits per heavy atom. The summed E-state index contributed by atoms with van der Waals surface area (Å²) in [4.78, 5) is 0. The topological polar surface area (TPSA) is 35.2 Å². The van der Waals surface area contributed by atoms with Crippen molar-refractivity contribution in [2.75, 3.05) is 6.61 Å². The van der Waals surface area contributed by atoms with Crippen LogP contribution in [0.2, 0.25) is 0 Å². The number of rotatable bonds is 1. The molecule has 2 nitrogen and oxygen atoms in total. The number of halogens is 3. The number of aryl methyl sites for hydroxylation is 1. The van der Waals surface area contributed by atoms with Crippen LogP contribution in [0.3, 0.4) is 0 Å². The van der Waals surface area contributed by atoms with Crippen molar-refractivity contribution >= 4 is 0 Å². The summed E-state index contributed by atoms with van der Waals surface area (Å²) in [7, 11) is 0. The van der Waals surface area contributed by atoms with E-state index in [2.05, 4.69) is 0 Å². The Morgan fingerprint density at radius 1 is 1.19 bits per heavy atom. The fourth-order valence-corrected chi connectivity index (χ4v) is 3.51. The van der Waals surface area contributed by atoms with Gasteiger partial charge in [-0.25, -0.2) is 0 Å². The summed E-state index contributed by atoms with van der Waals surface area (Å²) in [5.74, 6) is -0.397. The molecule has 3 rings (SSSR count). The third-order valence-electron chi connectivity index (χ3n) is 4.81. The highest BCUT2D eigenvalue weighted by Crippen LogP contribution is 2.47. The number of fused-ring (bicyclic) bond motifs is 1. The molecule has 1 aliphatic carbocycles. The summed E-state index contributed by atoms with van der Waals surface area (Å²) in [6.07, 6.45) is -1.26. The summed E-state index contributed by atoms with van der Waals surface area (Å²) in [5.41, 5.74) is 7.79. The third-order valence-corrected chi connectivity index (χ3v) is 4.81. The van der Waals surface area contributed by atoms with Gasteiger partial charge in [0.2, 0.25) is 0 Å². The maximum Gasteiger partial charge on any atom is 0.391 e. The van der Waals surface area contributed by atoms with Gasteiger partial charge in [-0.2, -0.15) is 13.2 Å². The minimum atomic E-state index is -4.10. The van der Waals surface area contributed by atoms with Gasteiger partial charge in [0.05, 0.1) is 12.5 Å². The van der Waals surface area contributed by atoms with Crippen LogP contribution < -0.4 is 10.5 Å². The summed E-state index contributed by atoms with van der Waals surface area (Å²) in [6.45, 7) is 0.658. The number of benzene rings is 1. The monoisotopic (exact) mass is 299 g/mol. The molecule has 0 saturated heterocycles. The Morgan fingerprint density at radius 2 is 1.90 bits per heavy atom. The predicted molar refractivity (Wildman–Crippen MR) is 74.1 cm³/mol. The molecule has 0 radical (unpaired) electrons. The Labute approximate surface area is 122 Å². The van der Waals surface area contributed by atoms with E-state index in [4.69, 9.17) is 10.5 Å². The van der Waals surface area contributed by atoms with E-state index in [1.54, 1.807) is 0 Å². The fourth-order valence-electron chi connectivity index (χ4n) is 3.51. The molecule has 2 N–H and O–H groups in total. The predicted octanol–water partition coefficient (Wildman–Crippen LogP) is 3.92. The van der Waals surface area contributed by atoms with Crippen LogP contribution in [0, 0.1) is 5.92 Å². The van der Waals surface area contributed by atoms with Gasteiger partial charge in [-0.05, 0) is 44.1 Å². The highest BCUT2D eigenvalue weighted by molar-refractivity contribution is 5.46. The Bertz CT molecular complexity index is 519. The minimum Gasteiger partial charge on any atom is -0.493 e. The summed E-state index contributed by atoms with van der Waals surface area (Å²) in [6, 6.07) is 5.87. The second-order valence-electron chi connectivity index (χ2n) is 6.22. The molecule has 1 fully saturated rings. The number of ether oxygens (including phenoxy) is 1. The minimum absolute atomic E-state index is 0.101. The molecule has 21 heavy (non-hydrogen) atoms. The standard InChI is InChI=1S/C16H20F3NO/c17-16(18,19)12-6-8-15(20,9-7-12)13-5-1-3-11-4-2-10-21-14(11)13/h1,3,5,12H,2,4,6-10,20H2. The van der Waals surface area contributed by atoms with Crippen molar-refractivity contribution in [1.82, 2.24) is 0 Å². The lowest BCUT2D eigenvalue weighted by molar-refractivity contribution is -0.184. The fraction of sp³-hybridized carbons (Fsp3) is 0.625. The average Bonchev–Trinajstić information content (AvgIpc) is 2.46. The molecular weight excluding hydrogens is 279 g/mol. The van der Waals surface area contributed by atoms with Crippen LogP contribution >= 0.6 is 0 Å². The van der Waals surface area contributed by atoms with Crippen LogP contribution in [-0.2, 0) is 12.0 Å². The van der Waals surface area contributed by atoms with Crippen LogP contribution in [0.25, 0.3) is 0 Å². The van der Waals surface area contributed by atoms with Crippen molar-refractivity contribution in [2.45, 2.75) is 50.2 Å². The Balaban J connectivity index is 1.85. The summed E-state index contributed by atoms with van der Waals surface area (Å²) in [5, 5.41) is 0. The van der Waals surface area contributed by atoms with Gasteiger partial charge in [-0.1, -0.05) is 18.2 Å². The van der Waals surface area contributed by atoms with E-state index < -0.39 is 17.6 Å². The molecule has 116 valence electrons. The normalized spacial score (nSPS) is 29.6. The summed E-state index contributed by atoms with van der Waals surface area (Å²) >= 11 is 0. The molecule has 1 aromatic carbocycles. The zero-order chi connectivity index (χ0) is 15.1. The van der Waals surface area contributed by atoms with Gasteiger partial charge in [-0.15, -0.1) is 0 Å². The molecule has 0 amide bonds. The first-order valence-electron chi connectivity index (χ1n) is 7.51. The molecule has 1 aliphatic heterocycles. The van der Waals surface area contributed by atoms with Crippen molar-refractivity contribution in [3.05, 3.63) is 29.3 Å². The van der Waals surface area contributed by atoms with Crippen LogP contribution in [0.15, 0.2) is 18.2 Å². The van der Waals surface area contributed by atoms with E-state index >= 15 is 0 Å². The number of nitrogens with two attached hydrogens (primary N) is 1. The van der Waals surface area contributed by atoms with Crippen molar-refractivity contribution in [2.24, 2.45) is 11.7 Å². The van der Waals surface area contributed by atoms with E-state index in [-0.39, 0.29) is 12.8 Å². The highest BCUT2D eigenvalue weighted by atomic mass is 19.4. The molecule has 1 saturated carbocycles. The van der Waals surface area contributed by atoms with Gasteiger partial charge < -0.3 is 10.5 Å². The second-order valence-corrected chi connectivity index (χ2v) is 6.22. The molecule has 0 bridgehead atoms. The molecule has 0 atom stereocenters. The lowest BCUT2D eigenvalue weighted by atomic mass is 9.72. The number of hydrogen-bond donors (Lipinski definition) is 1. The number of alkyl halides is 3. The van der Waals surface area contributed by atoms with Crippen molar-refractivity contribution in [3.63, 3.8) is 0 Å². The molecule has 0 unspecified atom stereocenters. The zero-order valence-electron chi connectivity index (χ0n) is 11.9. The molecule has 0 spiro atoms. The largest absolute Gasteiger partial charge is 0.493 e. The van der Waals surface area contributed by atoms with Gasteiger partial charge in [0.15, 0.2) is 0 Å². The quantitative estimate of drug-likeness (QED) is 0.853. The number of hydrogen-bond acceptors (Lipinski definition) is 2. The van der Waals surface area contributed by atoms with E-state index in [1.165, 1.54) is 0 Å². The number of para-hydroxylation sites is 1. The van der Waals surface area contributed by atoms with Crippen molar-refractivity contribution < 1.29 is 17.9 Å². The maximum atomic E-state index is 12.8. The maximum absolute atomic E-state index is 12.8. The smallest absolute Gasteiger partial charge is 0.391 e. The molecule has 2 aliphatic rings. The Hall–Kier alpha value is -1.23. The molecule has 0 aromatic heterocycles. The Kier molecular flexibility index (Phi) is 3.64. The van der Waals surface area contributed by atoms with Gasteiger partial charge >= 0.3 is 6.18 Å². The van der Waals surface area contributed by atoms with Gasteiger partial charge in [0.1, 0.15) is 5.75 Å². The third kappa shape index (κ3) is 2.76. The first-order chi connectivity index (χ1) is 9.90. The highest BCUT2D eigenvalue weighted by Gasteiger charge is 2.46. The van der Waals surface area contributed by atoms with Crippen LogP contribution in [0.4, 0.5) is 13.2 Å². The van der Waals surface area contributed by atoms with Crippen molar-refractivity contribution in [1.29, 1.82) is 0 Å². The molecular formula is C16H20F3NO. The second kappa shape index (κ2) is 5.20. The van der Waals surface area contributed by atoms with Crippen LogP contribution in [0.5, 0.6) is 5.75 Å². The van der Waals surface area contributed by atoms with E-state index in [0.29, 0.717) is 19.4 Å². The molecule has 5 heteroatoms.